The molecule has 1 heterocycles. The van der Waals surface area contributed by atoms with E-state index in [9.17, 15) is 9.59 Å². The number of hydrogen-bond donors (Lipinski definition) is 2. The highest BCUT2D eigenvalue weighted by Gasteiger charge is 2.20. The summed E-state index contributed by atoms with van der Waals surface area (Å²) < 4.78 is 5.41. The molecular formula is C17H26N4O3. The Morgan fingerprint density at radius 2 is 1.75 bits per heavy atom. The Morgan fingerprint density at radius 3 is 2.42 bits per heavy atom. The number of nitrogens with one attached hydrogen (secondary N) is 2. The zero-order valence-electron chi connectivity index (χ0n) is 14.4. The van der Waals surface area contributed by atoms with Crippen LogP contribution in [0.3, 0.4) is 0 Å². The number of rotatable bonds is 7. The molecule has 1 fully saturated rings. The lowest BCUT2D eigenvalue weighted by atomic mass is 10.2. The maximum atomic E-state index is 11.9. The fourth-order valence-corrected chi connectivity index (χ4v) is 2.74. The fourth-order valence-electron chi connectivity index (χ4n) is 2.74. The van der Waals surface area contributed by atoms with Crippen molar-refractivity contribution in [2.24, 2.45) is 0 Å². The molecule has 0 bridgehead atoms. The van der Waals surface area contributed by atoms with Crippen molar-refractivity contribution in [1.29, 1.82) is 0 Å². The standard InChI is InChI=1S/C17H26N4O3/c1-14(22)18-7-8-19-17(23)13-20-9-11-21(12-10-20)15-5-3-4-6-16(15)24-2/h3-6H,7-13H2,1-2H3,(H,18,22)(H,19,23). The van der Waals surface area contributed by atoms with E-state index in [1.807, 2.05) is 18.2 Å². The van der Waals surface area contributed by atoms with Gasteiger partial charge in [-0.25, -0.2) is 0 Å². The van der Waals surface area contributed by atoms with Crippen molar-refractivity contribution < 1.29 is 14.3 Å². The Labute approximate surface area is 142 Å². The van der Waals surface area contributed by atoms with Crippen LogP contribution in [0, 0.1) is 0 Å². The van der Waals surface area contributed by atoms with Gasteiger partial charge in [-0.05, 0) is 12.1 Å². The molecule has 2 amide bonds. The van der Waals surface area contributed by atoms with Crippen LogP contribution in [-0.2, 0) is 9.59 Å². The summed E-state index contributed by atoms with van der Waals surface area (Å²) in [4.78, 5) is 27.1. The zero-order chi connectivity index (χ0) is 17.4. The number of para-hydroxylation sites is 2. The molecule has 2 N–H and O–H groups in total. The summed E-state index contributed by atoms with van der Waals surface area (Å²) in [5.74, 6) is 0.782. The Bertz CT molecular complexity index is 557. The quantitative estimate of drug-likeness (QED) is 0.691. The number of carbonyl (C=O) groups is 2. The number of nitrogens with zero attached hydrogens (tertiary/aromatic N) is 2. The van der Waals surface area contributed by atoms with Crippen molar-refractivity contribution in [3.05, 3.63) is 24.3 Å². The molecule has 0 saturated carbocycles. The molecule has 1 saturated heterocycles. The van der Waals surface area contributed by atoms with Crippen molar-refractivity contribution in [3.63, 3.8) is 0 Å². The minimum atomic E-state index is -0.0864. The smallest absolute Gasteiger partial charge is 0.234 e. The molecule has 0 atom stereocenters. The number of methoxy groups -OCH3 is 1. The van der Waals surface area contributed by atoms with E-state index in [1.165, 1.54) is 6.92 Å². The molecule has 7 nitrogen and oxygen atoms in total. The Hall–Kier alpha value is -2.28. The summed E-state index contributed by atoms with van der Waals surface area (Å²) in [6, 6.07) is 7.99. The monoisotopic (exact) mass is 334 g/mol. The number of hydrogen-bond acceptors (Lipinski definition) is 5. The second-order valence-electron chi connectivity index (χ2n) is 5.77. The van der Waals surface area contributed by atoms with Crippen LogP contribution in [-0.4, -0.2) is 69.6 Å². The number of carbonyl (C=O) groups excluding carboxylic acids is 2. The molecule has 2 rings (SSSR count). The summed E-state index contributed by atoms with van der Waals surface area (Å²) >= 11 is 0. The second-order valence-corrected chi connectivity index (χ2v) is 5.77. The molecule has 7 heteroatoms. The highest BCUT2D eigenvalue weighted by atomic mass is 16.5. The topological polar surface area (TPSA) is 73.9 Å². The molecule has 1 aromatic rings. The summed E-state index contributed by atoms with van der Waals surface area (Å²) in [5.41, 5.74) is 1.10. The van der Waals surface area contributed by atoms with Crippen LogP contribution in [0.4, 0.5) is 5.69 Å². The third kappa shape index (κ3) is 5.42. The van der Waals surface area contributed by atoms with Crippen molar-refractivity contribution in [1.82, 2.24) is 15.5 Å². The Kier molecular flexibility index (Phi) is 6.87. The molecule has 0 spiro atoms. The van der Waals surface area contributed by atoms with Crippen LogP contribution >= 0.6 is 0 Å². The first-order chi connectivity index (χ1) is 11.6. The maximum absolute atomic E-state index is 11.9. The number of benzene rings is 1. The number of piperazine rings is 1. The van der Waals surface area contributed by atoms with Crippen LogP contribution in [0.1, 0.15) is 6.92 Å². The molecule has 24 heavy (non-hydrogen) atoms. The van der Waals surface area contributed by atoms with Crippen molar-refractivity contribution in [2.45, 2.75) is 6.92 Å². The van der Waals surface area contributed by atoms with Crippen LogP contribution in [0.5, 0.6) is 5.75 Å². The summed E-state index contributed by atoms with van der Waals surface area (Å²) in [6.07, 6.45) is 0. The predicted octanol–water partition coefficient (Wildman–Crippen LogP) is 0.0695. The van der Waals surface area contributed by atoms with Crippen molar-refractivity contribution >= 4 is 17.5 Å². The van der Waals surface area contributed by atoms with Gasteiger partial charge in [-0.15, -0.1) is 0 Å². The largest absolute Gasteiger partial charge is 0.495 e. The van der Waals surface area contributed by atoms with Crippen molar-refractivity contribution in [3.8, 4) is 5.75 Å². The molecular weight excluding hydrogens is 308 g/mol. The molecule has 0 unspecified atom stereocenters. The molecule has 0 aromatic heterocycles. The van der Waals surface area contributed by atoms with Gasteiger partial charge in [0, 0.05) is 46.2 Å². The van der Waals surface area contributed by atoms with E-state index in [2.05, 4.69) is 26.5 Å². The van der Waals surface area contributed by atoms with Gasteiger partial charge in [0.25, 0.3) is 0 Å². The highest BCUT2D eigenvalue weighted by Crippen LogP contribution is 2.28. The van der Waals surface area contributed by atoms with Gasteiger partial charge < -0.3 is 20.3 Å². The minimum Gasteiger partial charge on any atom is -0.495 e. The predicted molar refractivity (Wildman–Crippen MR) is 93.3 cm³/mol. The van der Waals surface area contributed by atoms with Gasteiger partial charge in [0.1, 0.15) is 5.75 Å². The maximum Gasteiger partial charge on any atom is 0.234 e. The van der Waals surface area contributed by atoms with Gasteiger partial charge >= 0.3 is 0 Å². The first-order valence-electron chi connectivity index (χ1n) is 8.21. The highest BCUT2D eigenvalue weighted by molar-refractivity contribution is 5.78. The molecule has 0 aliphatic carbocycles. The van der Waals surface area contributed by atoms with Crippen LogP contribution in [0.2, 0.25) is 0 Å². The second kappa shape index (κ2) is 9.12. The average Bonchev–Trinajstić information content (AvgIpc) is 2.59. The molecule has 1 aromatic carbocycles. The first kappa shape index (κ1) is 18.1. The minimum absolute atomic E-state index is 0.00825. The van der Waals surface area contributed by atoms with Gasteiger partial charge in [-0.1, -0.05) is 12.1 Å². The summed E-state index contributed by atoms with van der Waals surface area (Å²) in [5, 5.41) is 5.47. The van der Waals surface area contributed by atoms with Crippen LogP contribution in [0.15, 0.2) is 24.3 Å². The van der Waals surface area contributed by atoms with Crippen LogP contribution < -0.4 is 20.3 Å². The van der Waals surface area contributed by atoms with Gasteiger partial charge in [0.2, 0.25) is 11.8 Å². The first-order valence-corrected chi connectivity index (χ1v) is 8.21. The third-order valence-corrected chi connectivity index (χ3v) is 3.99. The lowest BCUT2D eigenvalue weighted by Crippen LogP contribution is -2.50. The van der Waals surface area contributed by atoms with Gasteiger partial charge in [0.05, 0.1) is 19.3 Å². The van der Waals surface area contributed by atoms with E-state index in [0.29, 0.717) is 19.6 Å². The number of anilines is 1. The lowest BCUT2D eigenvalue weighted by Gasteiger charge is -2.36. The number of ether oxygens (including phenoxy) is 1. The van der Waals surface area contributed by atoms with Gasteiger partial charge in [0.15, 0.2) is 0 Å². The van der Waals surface area contributed by atoms with Gasteiger partial charge in [-0.3, -0.25) is 14.5 Å². The molecule has 132 valence electrons. The van der Waals surface area contributed by atoms with E-state index in [1.54, 1.807) is 7.11 Å². The van der Waals surface area contributed by atoms with E-state index in [-0.39, 0.29) is 11.8 Å². The van der Waals surface area contributed by atoms with E-state index >= 15 is 0 Å². The lowest BCUT2D eigenvalue weighted by molar-refractivity contribution is -0.123. The third-order valence-electron chi connectivity index (χ3n) is 3.99. The molecule has 0 radical (unpaired) electrons. The van der Waals surface area contributed by atoms with E-state index in [4.69, 9.17) is 4.74 Å². The van der Waals surface area contributed by atoms with Gasteiger partial charge in [-0.2, -0.15) is 0 Å². The normalized spacial score (nSPS) is 15.0. The van der Waals surface area contributed by atoms with E-state index < -0.39 is 0 Å². The van der Waals surface area contributed by atoms with Crippen LogP contribution in [0.25, 0.3) is 0 Å². The Balaban J connectivity index is 1.72. The molecule has 1 aliphatic heterocycles. The Morgan fingerprint density at radius 1 is 1.08 bits per heavy atom. The summed E-state index contributed by atoms with van der Waals surface area (Å²) in [7, 11) is 1.68. The fraction of sp³-hybridized carbons (Fsp3) is 0.529. The average molecular weight is 334 g/mol. The SMILES string of the molecule is COc1ccccc1N1CCN(CC(=O)NCCNC(C)=O)CC1. The summed E-state index contributed by atoms with van der Waals surface area (Å²) in [6.45, 7) is 6.15. The number of amides is 2. The zero-order valence-corrected chi connectivity index (χ0v) is 14.4. The van der Waals surface area contributed by atoms with E-state index in [0.717, 1.165) is 37.6 Å². The molecule has 1 aliphatic rings. The van der Waals surface area contributed by atoms with Crippen molar-refractivity contribution in [2.75, 3.05) is 57.8 Å².